The maximum absolute atomic E-state index is 5.85. The highest BCUT2D eigenvalue weighted by Gasteiger charge is 2.10. The number of hydrogen-bond acceptors (Lipinski definition) is 4. The van der Waals surface area contributed by atoms with Crippen LogP contribution >= 0.6 is 35.7 Å². The summed E-state index contributed by atoms with van der Waals surface area (Å²) in [5.74, 6) is 2.18. The zero-order chi connectivity index (χ0) is 13.4. The highest BCUT2D eigenvalue weighted by atomic mass is 32.2. The van der Waals surface area contributed by atoms with Crippen LogP contribution in [-0.4, -0.2) is 29.3 Å². The summed E-state index contributed by atoms with van der Waals surface area (Å²) < 4.78 is 0. The monoisotopic (exact) mass is 300 g/mol. The SMILES string of the molecule is CCSc1cccc(NCCCSC)c1C(N)=S. The quantitative estimate of drug-likeness (QED) is 0.436. The van der Waals surface area contributed by atoms with Crippen molar-refractivity contribution in [3.63, 3.8) is 0 Å². The molecule has 0 aliphatic carbocycles. The first-order valence-corrected chi connectivity index (χ1v) is 8.77. The summed E-state index contributed by atoms with van der Waals surface area (Å²) in [6, 6.07) is 6.18. The predicted molar refractivity (Wildman–Crippen MR) is 90.2 cm³/mol. The number of nitrogens with two attached hydrogens (primary N) is 1. The van der Waals surface area contributed by atoms with Crippen LogP contribution in [0, 0.1) is 0 Å². The van der Waals surface area contributed by atoms with E-state index in [1.54, 1.807) is 11.8 Å². The van der Waals surface area contributed by atoms with Crippen LogP contribution in [0.4, 0.5) is 5.69 Å². The van der Waals surface area contributed by atoms with Crippen molar-refractivity contribution in [2.75, 3.05) is 29.6 Å². The van der Waals surface area contributed by atoms with Crippen LogP contribution in [0.25, 0.3) is 0 Å². The van der Waals surface area contributed by atoms with E-state index in [9.17, 15) is 0 Å². The van der Waals surface area contributed by atoms with Crippen molar-refractivity contribution in [1.82, 2.24) is 0 Å². The van der Waals surface area contributed by atoms with E-state index in [0.29, 0.717) is 4.99 Å². The molecule has 5 heteroatoms. The zero-order valence-electron chi connectivity index (χ0n) is 10.9. The van der Waals surface area contributed by atoms with E-state index in [1.807, 2.05) is 17.8 Å². The van der Waals surface area contributed by atoms with Crippen molar-refractivity contribution in [3.8, 4) is 0 Å². The highest BCUT2D eigenvalue weighted by molar-refractivity contribution is 7.99. The Kier molecular flexibility index (Phi) is 7.54. The smallest absolute Gasteiger partial charge is 0.107 e. The molecule has 0 heterocycles. The van der Waals surface area contributed by atoms with Crippen molar-refractivity contribution in [1.29, 1.82) is 0 Å². The van der Waals surface area contributed by atoms with Gasteiger partial charge in [0, 0.05) is 22.7 Å². The molecule has 2 nitrogen and oxygen atoms in total. The second-order valence-corrected chi connectivity index (χ2v) is 6.48. The molecule has 0 radical (unpaired) electrons. The van der Waals surface area contributed by atoms with Gasteiger partial charge in [0.15, 0.2) is 0 Å². The number of nitrogens with one attached hydrogen (secondary N) is 1. The highest BCUT2D eigenvalue weighted by Crippen LogP contribution is 2.28. The Morgan fingerprint density at radius 2 is 2.22 bits per heavy atom. The number of hydrogen-bond donors (Lipinski definition) is 2. The normalized spacial score (nSPS) is 10.3. The third-order valence-electron chi connectivity index (χ3n) is 2.41. The minimum absolute atomic E-state index is 0.471. The van der Waals surface area contributed by atoms with Crippen molar-refractivity contribution < 1.29 is 0 Å². The standard InChI is InChI=1S/C13H20N2S3/c1-3-18-11-7-4-6-10(12(11)13(14)16)15-8-5-9-17-2/h4,6-7,15H,3,5,8-9H2,1-2H3,(H2,14,16). The van der Waals surface area contributed by atoms with E-state index in [2.05, 4.69) is 30.6 Å². The van der Waals surface area contributed by atoms with Crippen LogP contribution in [0.1, 0.15) is 18.9 Å². The molecule has 0 fully saturated rings. The number of thioether (sulfide) groups is 2. The topological polar surface area (TPSA) is 38.0 Å². The summed E-state index contributed by atoms with van der Waals surface area (Å²) in [4.78, 5) is 1.64. The molecule has 0 aliphatic heterocycles. The molecule has 0 atom stereocenters. The van der Waals surface area contributed by atoms with Crippen LogP contribution in [0.2, 0.25) is 0 Å². The molecule has 0 saturated heterocycles. The van der Waals surface area contributed by atoms with Gasteiger partial charge in [0.1, 0.15) is 4.99 Å². The minimum Gasteiger partial charge on any atom is -0.389 e. The van der Waals surface area contributed by atoms with Gasteiger partial charge in [-0.3, -0.25) is 0 Å². The largest absolute Gasteiger partial charge is 0.389 e. The molecule has 100 valence electrons. The van der Waals surface area contributed by atoms with E-state index >= 15 is 0 Å². The van der Waals surface area contributed by atoms with Gasteiger partial charge < -0.3 is 11.1 Å². The molecule has 0 unspecified atom stereocenters. The van der Waals surface area contributed by atoms with Crippen molar-refractivity contribution in [3.05, 3.63) is 23.8 Å². The van der Waals surface area contributed by atoms with Gasteiger partial charge in [-0.25, -0.2) is 0 Å². The molecule has 1 aromatic carbocycles. The second kappa shape index (κ2) is 8.67. The number of thiocarbonyl (C=S) groups is 1. The van der Waals surface area contributed by atoms with Crippen LogP contribution in [-0.2, 0) is 0 Å². The summed E-state index contributed by atoms with van der Waals surface area (Å²) >= 11 is 8.81. The van der Waals surface area contributed by atoms with Crippen LogP contribution in [0.5, 0.6) is 0 Å². The Balaban J connectivity index is 2.82. The lowest BCUT2D eigenvalue weighted by molar-refractivity contribution is 0.991. The van der Waals surface area contributed by atoms with Crippen LogP contribution < -0.4 is 11.1 Å². The number of benzene rings is 1. The molecule has 0 bridgehead atoms. The molecule has 0 aliphatic rings. The van der Waals surface area contributed by atoms with E-state index in [1.165, 1.54) is 10.6 Å². The molecule has 18 heavy (non-hydrogen) atoms. The second-order valence-electron chi connectivity index (χ2n) is 3.75. The number of rotatable bonds is 8. The lowest BCUT2D eigenvalue weighted by Gasteiger charge is -2.14. The molecule has 1 rings (SSSR count). The van der Waals surface area contributed by atoms with Crippen LogP contribution in [0.15, 0.2) is 23.1 Å². The summed E-state index contributed by atoms with van der Waals surface area (Å²) in [6.07, 6.45) is 3.27. The van der Waals surface area contributed by atoms with Gasteiger partial charge >= 0.3 is 0 Å². The van der Waals surface area contributed by atoms with E-state index < -0.39 is 0 Å². The summed E-state index contributed by atoms with van der Waals surface area (Å²) in [5.41, 5.74) is 7.90. The van der Waals surface area contributed by atoms with Gasteiger partial charge in [0.2, 0.25) is 0 Å². The number of anilines is 1. The molecule has 0 spiro atoms. The Bertz CT molecular complexity index is 394. The molecule has 0 aromatic heterocycles. The Hall–Kier alpha value is -0.390. The first-order chi connectivity index (χ1) is 8.70. The maximum Gasteiger partial charge on any atom is 0.107 e. The van der Waals surface area contributed by atoms with Gasteiger partial charge in [-0.2, -0.15) is 11.8 Å². The average Bonchev–Trinajstić information content (AvgIpc) is 2.35. The fourth-order valence-electron chi connectivity index (χ4n) is 1.65. The lowest BCUT2D eigenvalue weighted by atomic mass is 10.1. The Labute approximate surface area is 123 Å². The molecular weight excluding hydrogens is 280 g/mol. The van der Waals surface area contributed by atoms with Gasteiger partial charge in [0.05, 0.1) is 0 Å². The Morgan fingerprint density at radius 1 is 1.44 bits per heavy atom. The Morgan fingerprint density at radius 3 is 2.83 bits per heavy atom. The summed E-state index contributed by atoms with van der Waals surface area (Å²) in [7, 11) is 0. The molecule has 0 saturated carbocycles. The fourth-order valence-corrected chi connectivity index (χ4v) is 3.22. The first-order valence-electron chi connectivity index (χ1n) is 5.99. The van der Waals surface area contributed by atoms with Crippen molar-refractivity contribution in [2.45, 2.75) is 18.2 Å². The third-order valence-corrected chi connectivity index (χ3v) is 4.25. The van der Waals surface area contributed by atoms with Gasteiger partial charge in [0.25, 0.3) is 0 Å². The molecule has 0 amide bonds. The average molecular weight is 301 g/mol. The predicted octanol–water partition coefficient (Wildman–Crippen LogP) is 3.60. The molecule has 1 aromatic rings. The molecular formula is C13H20N2S3. The molecule has 3 N–H and O–H groups in total. The lowest BCUT2D eigenvalue weighted by Crippen LogP contribution is -2.15. The van der Waals surface area contributed by atoms with Gasteiger partial charge in [-0.15, -0.1) is 11.8 Å². The van der Waals surface area contributed by atoms with Crippen LogP contribution in [0.3, 0.4) is 0 Å². The first kappa shape index (κ1) is 15.7. The fraction of sp³-hybridized carbons (Fsp3) is 0.462. The van der Waals surface area contributed by atoms with E-state index in [4.69, 9.17) is 18.0 Å². The minimum atomic E-state index is 0.471. The summed E-state index contributed by atoms with van der Waals surface area (Å²) in [6.45, 7) is 3.09. The van der Waals surface area contributed by atoms with Gasteiger partial charge in [-0.1, -0.05) is 25.2 Å². The van der Waals surface area contributed by atoms with Gasteiger partial charge in [-0.05, 0) is 36.3 Å². The van der Waals surface area contributed by atoms with Crippen molar-refractivity contribution >= 4 is 46.4 Å². The zero-order valence-corrected chi connectivity index (χ0v) is 13.3. The third kappa shape index (κ3) is 4.71. The summed E-state index contributed by atoms with van der Waals surface area (Å²) in [5, 5.41) is 3.43. The van der Waals surface area contributed by atoms with E-state index in [-0.39, 0.29) is 0 Å². The maximum atomic E-state index is 5.85. The van der Waals surface area contributed by atoms with Crippen molar-refractivity contribution in [2.24, 2.45) is 5.73 Å². The van der Waals surface area contributed by atoms with E-state index in [0.717, 1.165) is 30.0 Å².